The summed E-state index contributed by atoms with van der Waals surface area (Å²) >= 11 is 5.07. The predicted octanol–water partition coefficient (Wildman–Crippen LogP) is 3.44. The van der Waals surface area contributed by atoms with Gasteiger partial charge in [-0.05, 0) is 17.7 Å². The second kappa shape index (κ2) is 7.10. The van der Waals surface area contributed by atoms with E-state index in [4.69, 9.17) is 16.6 Å². The lowest BCUT2D eigenvalue weighted by Crippen LogP contribution is -1.91. The third kappa shape index (κ3) is 4.68. The SMILES string of the molecule is C=CCOc1ccc(/C=C/COCl)cc1. The summed E-state index contributed by atoms with van der Waals surface area (Å²) in [5.74, 6) is 0.834. The highest BCUT2D eigenvalue weighted by Crippen LogP contribution is 2.13. The summed E-state index contributed by atoms with van der Waals surface area (Å²) in [5, 5.41) is 0. The molecular weight excluding hydrogens is 212 g/mol. The highest BCUT2D eigenvalue weighted by Gasteiger charge is 1.91. The van der Waals surface area contributed by atoms with Crippen LogP contribution in [0.3, 0.4) is 0 Å². The second-order valence-electron chi connectivity index (χ2n) is 2.85. The first-order valence-electron chi connectivity index (χ1n) is 4.60. The fourth-order valence-electron chi connectivity index (χ4n) is 1.05. The van der Waals surface area contributed by atoms with Gasteiger partial charge in [-0.15, -0.1) is 0 Å². The van der Waals surface area contributed by atoms with Crippen molar-refractivity contribution in [1.82, 2.24) is 0 Å². The summed E-state index contributed by atoms with van der Waals surface area (Å²) in [6, 6.07) is 7.74. The zero-order valence-electron chi connectivity index (χ0n) is 8.36. The minimum Gasteiger partial charge on any atom is -0.490 e. The molecule has 0 radical (unpaired) electrons. The summed E-state index contributed by atoms with van der Waals surface area (Å²) in [6.07, 6.45) is 5.48. The molecule has 0 fully saturated rings. The first kappa shape index (κ1) is 11.8. The molecule has 15 heavy (non-hydrogen) atoms. The Balaban J connectivity index is 2.52. The van der Waals surface area contributed by atoms with Crippen LogP contribution in [0.1, 0.15) is 5.56 Å². The Morgan fingerprint density at radius 2 is 1.93 bits per heavy atom. The molecule has 0 saturated carbocycles. The average Bonchev–Trinajstić information content (AvgIpc) is 2.28. The maximum absolute atomic E-state index is 5.35. The molecule has 80 valence electrons. The molecule has 0 aromatic heterocycles. The van der Waals surface area contributed by atoms with Crippen LogP contribution in [0.2, 0.25) is 0 Å². The van der Waals surface area contributed by atoms with E-state index in [-0.39, 0.29) is 0 Å². The van der Waals surface area contributed by atoms with Gasteiger partial charge >= 0.3 is 0 Å². The monoisotopic (exact) mass is 224 g/mol. The van der Waals surface area contributed by atoms with Gasteiger partial charge in [-0.1, -0.05) is 36.9 Å². The van der Waals surface area contributed by atoms with E-state index in [0.29, 0.717) is 13.2 Å². The van der Waals surface area contributed by atoms with Gasteiger partial charge in [0.1, 0.15) is 12.4 Å². The van der Waals surface area contributed by atoms with Gasteiger partial charge < -0.3 is 4.74 Å². The highest BCUT2D eigenvalue weighted by molar-refractivity contribution is 6.07. The molecule has 1 aromatic rings. The molecule has 3 heteroatoms. The lowest BCUT2D eigenvalue weighted by atomic mass is 10.2. The van der Waals surface area contributed by atoms with E-state index in [9.17, 15) is 0 Å². The largest absolute Gasteiger partial charge is 0.490 e. The van der Waals surface area contributed by atoms with Crippen LogP contribution in [-0.4, -0.2) is 13.2 Å². The standard InChI is InChI=1S/C12H13ClO2/c1-2-9-14-12-7-5-11(6-8-12)4-3-10-15-13/h2-8H,1,9-10H2/b4-3+. The zero-order chi connectivity index (χ0) is 10.9. The molecule has 0 bridgehead atoms. The van der Waals surface area contributed by atoms with Gasteiger partial charge in [-0.2, -0.15) is 0 Å². The zero-order valence-corrected chi connectivity index (χ0v) is 9.11. The molecule has 0 unspecified atom stereocenters. The van der Waals surface area contributed by atoms with Crippen molar-refractivity contribution >= 4 is 17.9 Å². The average molecular weight is 225 g/mol. The molecule has 1 rings (SSSR count). The molecule has 0 N–H and O–H groups in total. The van der Waals surface area contributed by atoms with Crippen molar-refractivity contribution in [2.24, 2.45) is 0 Å². The number of ether oxygens (including phenoxy) is 1. The van der Waals surface area contributed by atoms with Crippen molar-refractivity contribution in [3.05, 3.63) is 48.6 Å². The van der Waals surface area contributed by atoms with Gasteiger partial charge in [0.05, 0.1) is 18.5 Å². The lowest BCUT2D eigenvalue weighted by Gasteiger charge is -2.02. The van der Waals surface area contributed by atoms with Crippen molar-refractivity contribution in [3.8, 4) is 5.75 Å². The minimum atomic E-state index is 0.399. The van der Waals surface area contributed by atoms with Crippen molar-refractivity contribution in [2.45, 2.75) is 0 Å². The van der Waals surface area contributed by atoms with Gasteiger partial charge in [0.25, 0.3) is 0 Å². The molecular formula is C12H13ClO2. The Bertz CT molecular complexity index is 317. The van der Waals surface area contributed by atoms with E-state index in [1.54, 1.807) is 6.08 Å². The van der Waals surface area contributed by atoms with Gasteiger partial charge in [0, 0.05) is 0 Å². The Labute approximate surface area is 94.9 Å². The van der Waals surface area contributed by atoms with Crippen LogP contribution >= 0.6 is 11.9 Å². The maximum Gasteiger partial charge on any atom is 0.119 e. The van der Waals surface area contributed by atoms with Gasteiger partial charge in [-0.25, -0.2) is 0 Å². The predicted molar refractivity (Wildman–Crippen MR) is 63.0 cm³/mol. The van der Waals surface area contributed by atoms with Crippen LogP contribution in [0.25, 0.3) is 6.08 Å². The van der Waals surface area contributed by atoms with Crippen molar-refractivity contribution in [2.75, 3.05) is 13.2 Å². The third-order valence-corrected chi connectivity index (χ3v) is 1.84. The van der Waals surface area contributed by atoms with Crippen LogP contribution in [0.4, 0.5) is 0 Å². The van der Waals surface area contributed by atoms with Crippen molar-refractivity contribution < 1.29 is 9.03 Å². The van der Waals surface area contributed by atoms with Crippen LogP contribution in [0, 0.1) is 0 Å². The molecule has 2 nitrogen and oxygen atoms in total. The molecule has 0 atom stereocenters. The summed E-state index contributed by atoms with van der Waals surface area (Å²) in [7, 11) is 0. The number of hydrogen-bond donors (Lipinski definition) is 0. The van der Waals surface area contributed by atoms with Crippen LogP contribution in [-0.2, 0) is 4.29 Å². The quantitative estimate of drug-likeness (QED) is 0.690. The summed E-state index contributed by atoms with van der Waals surface area (Å²) in [6.45, 7) is 4.50. The van der Waals surface area contributed by atoms with E-state index >= 15 is 0 Å². The van der Waals surface area contributed by atoms with E-state index in [1.165, 1.54) is 0 Å². The summed E-state index contributed by atoms with van der Waals surface area (Å²) in [5.41, 5.74) is 1.08. The minimum absolute atomic E-state index is 0.399. The highest BCUT2D eigenvalue weighted by atomic mass is 35.5. The van der Waals surface area contributed by atoms with Crippen molar-refractivity contribution in [1.29, 1.82) is 0 Å². The van der Waals surface area contributed by atoms with E-state index < -0.39 is 0 Å². The van der Waals surface area contributed by atoms with E-state index in [2.05, 4.69) is 10.9 Å². The van der Waals surface area contributed by atoms with Crippen LogP contribution in [0.5, 0.6) is 5.75 Å². The molecule has 0 heterocycles. The van der Waals surface area contributed by atoms with Crippen molar-refractivity contribution in [3.63, 3.8) is 0 Å². The van der Waals surface area contributed by atoms with Gasteiger partial charge in [0.15, 0.2) is 0 Å². The van der Waals surface area contributed by atoms with E-state index in [0.717, 1.165) is 11.3 Å². The molecule has 0 aliphatic heterocycles. The normalized spacial score (nSPS) is 10.5. The number of halogens is 1. The molecule has 0 amide bonds. The third-order valence-electron chi connectivity index (χ3n) is 1.72. The molecule has 0 aliphatic carbocycles. The van der Waals surface area contributed by atoms with Gasteiger partial charge in [-0.3, -0.25) is 4.29 Å². The molecule has 0 saturated heterocycles. The molecule has 0 aliphatic rings. The number of rotatable bonds is 6. The topological polar surface area (TPSA) is 18.5 Å². The fourth-order valence-corrected chi connectivity index (χ4v) is 1.12. The van der Waals surface area contributed by atoms with Crippen LogP contribution < -0.4 is 4.74 Å². The summed E-state index contributed by atoms with van der Waals surface area (Å²) in [4.78, 5) is 0. The van der Waals surface area contributed by atoms with Crippen LogP contribution in [0.15, 0.2) is 43.0 Å². The Morgan fingerprint density at radius 1 is 1.20 bits per heavy atom. The maximum atomic E-state index is 5.35. The fraction of sp³-hybridized carbons (Fsp3) is 0.167. The smallest absolute Gasteiger partial charge is 0.119 e. The second-order valence-corrected chi connectivity index (χ2v) is 3.07. The number of hydrogen-bond acceptors (Lipinski definition) is 2. The first-order chi connectivity index (χ1) is 7.36. The lowest BCUT2D eigenvalue weighted by molar-refractivity contribution is 0.363. The Morgan fingerprint density at radius 3 is 2.53 bits per heavy atom. The Hall–Kier alpha value is -1.25. The van der Waals surface area contributed by atoms with E-state index in [1.807, 2.05) is 36.4 Å². The first-order valence-corrected chi connectivity index (χ1v) is 4.91. The van der Waals surface area contributed by atoms with Gasteiger partial charge in [0.2, 0.25) is 0 Å². The molecule has 0 spiro atoms. The number of benzene rings is 1. The molecule has 1 aromatic carbocycles. The summed E-state index contributed by atoms with van der Waals surface area (Å²) < 4.78 is 9.74. The Kier molecular flexibility index (Phi) is 5.59.